The van der Waals surface area contributed by atoms with Crippen LogP contribution in [0.15, 0.2) is 28.7 Å². The van der Waals surface area contributed by atoms with Crippen LogP contribution in [0.2, 0.25) is 0 Å². The molecule has 0 atom stereocenters. The molecule has 1 spiro atoms. The molecule has 0 aliphatic heterocycles. The molecule has 1 heterocycles. The number of benzene rings is 1. The molecule has 2 aromatic rings. The number of carbonyl (C=O) groups is 3. The number of rotatable bonds is 15. The third kappa shape index (κ3) is 16.8. The van der Waals surface area contributed by atoms with Crippen molar-refractivity contribution in [3.8, 4) is 11.5 Å². The Labute approximate surface area is 295 Å². The van der Waals surface area contributed by atoms with Gasteiger partial charge in [0, 0.05) is 49.5 Å². The van der Waals surface area contributed by atoms with Gasteiger partial charge in [-0.25, -0.2) is 0 Å². The van der Waals surface area contributed by atoms with Crippen LogP contribution in [0.3, 0.4) is 0 Å². The highest BCUT2D eigenvalue weighted by Crippen LogP contribution is 2.55. The summed E-state index contributed by atoms with van der Waals surface area (Å²) in [5.41, 5.74) is 2.15. The van der Waals surface area contributed by atoms with Crippen molar-refractivity contribution in [1.29, 1.82) is 0 Å². The molecule has 1 aromatic carbocycles. The summed E-state index contributed by atoms with van der Waals surface area (Å²) >= 11 is 0. The van der Waals surface area contributed by atoms with Crippen LogP contribution in [0, 0.1) is 17.8 Å². The normalized spacial score (nSPS) is 18.9. The van der Waals surface area contributed by atoms with Crippen LogP contribution in [0.5, 0.6) is 0 Å². The molecule has 3 N–H and O–H groups in total. The molecule has 2 aliphatic rings. The monoisotopic (exact) mass is 687 g/mol. The summed E-state index contributed by atoms with van der Waals surface area (Å²) in [6.07, 6.45) is 7.52. The molecule has 49 heavy (non-hydrogen) atoms. The minimum Gasteiger partial charge on any atom is -0.421 e. The van der Waals surface area contributed by atoms with Gasteiger partial charge in [-0.05, 0) is 67.2 Å². The average Bonchev–Trinajstić information content (AvgIpc) is 3.49. The Kier molecular flexibility index (Phi) is 20.7. The number of nitrogens with zero attached hydrogens (tertiary/aromatic N) is 2. The molecule has 11 heteroatoms. The molecule has 4 rings (SSSR count). The van der Waals surface area contributed by atoms with E-state index in [9.17, 15) is 14.4 Å². The first-order valence-corrected chi connectivity index (χ1v) is 18.3. The average molecular weight is 688 g/mol. The van der Waals surface area contributed by atoms with E-state index in [2.05, 4.69) is 53.8 Å². The number of carbonyl (C=O) groups excluding carboxylic acids is 3. The zero-order valence-corrected chi connectivity index (χ0v) is 32.0. The van der Waals surface area contributed by atoms with Crippen LogP contribution >= 0.6 is 0 Å². The maximum Gasteiger partial charge on any atom is 0.251 e. The Bertz CT molecular complexity index is 1210. The summed E-state index contributed by atoms with van der Waals surface area (Å²) in [5.74, 6) is 0.826. The van der Waals surface area contributed by atoms with Crippen molar-refractivity contribution in [2.75, 3.05) is 33.0 Å². The van der Waals surface area contributed by atoms with E-state index in [0.717, 1.165) is 31.2 Å². The van der Waals surface area contributed by atoms with E-state index in [-0.39, 0.29) is 23.8 Å². The number of hydrogen-bond acceptors (Lipinski definition) is 8. The van der Waals surface area contributed by atoms with Crippen LogP contribution < -0.4 is 16.0 Å². The topological polar surface area (TPSA) is 145 Å². The number of amides is 3. The van der Waals surface area contributed by atoms with E-state index in [1.165, 1.54) is 12.8 Å². The molecule has 3 amide bonds. The lowest BCUT2D eigenvalue weighted by Crippen LogP contribution is -2.61. The maximum absolute atomic E-state index is 12.3. The largest absolute Gasteiger partial charge is 0.421 e. The number of hydrogen-bond donors (Lipinski definition) is 3. The van der Waals surface area contributed by atoms with Gasteiger partial charge >= 0.3 is 0 Å². The van der Waals surface area contributed by atoms with Gasteiger partial charge in [-0.2, -0.15) is 0 Å². The lowest BCUT2D eigenvalue weighted by atomic mass is 9.52. The number of ether oxygens (including phenoxy) is 2. The van der Waals surface area contributed by atoms with Crippen LogP contribution in [-0.4, -0.2) is 73.0 Å². The van der Waals surface area contributed by atoms with Gasteiger partial charge in [0.25, 0.3) is 5.91 Å². The molecule has 11 nitrogen and oxygen atoms in total. The standard InChI is InChI=1S/C27H37N5O6.C7H16.2C2H6/c1-3-23(33)29-21-14-27(15-21)16-22(17-27)30-24(34)8-10-36-12-13-37-11-9-28-25(35)19-4-6-20(7-5-19)26-32-31-18(2)38-26;1-5-6-7(2,3)4;2*1-2/h4-7,21-22H,3,8-17H2,1-2H3,(H,28,35)(H,29,33)(H,30,34);5-6H2,1-4H3;2*1-2H3. The van der Waals surface area contributed by atoms with Crippen molar-refractivity contribution in [3.05, 3.63) is 35.7 Å². The van der Waals surface area contributed by atoms with Crippen molar-refractivity contribution in [3.63, 3.8) is 0 Å². The maximum atomic E-state index is 12.3. The summed E-state index contributed by atoms with van der Waals surface area (Å²) in [5, 5.41) is 16.7. The number of aromatic nitrogens is 2. The Morgan fingerprint density at radius 1 is 0.837 bits per heavy atom. The van der Waals surface area contributed by atoms with E-state index in [1.54, 1.807) is 31.2 Å². The SMILES string of the molecule is CC.CC.CCC(=O)NC1CC2(C1)CC(NC(=O)CCOCCOCCNC(=O)c1ccc(-c3nnc(C)o3)cc1)C2.CCCC(C)(C)C. The second kappa shape index (κ2) is 23.2. The second-order valence-electron chi connectivity index (χ2n) is 13.4. The van der Waals surface area contributed by atoms with Gasteiger partial charge in [0.2, 0.25) is 23.6 Å². The fourth-order valence-corrected chi connectivity index (χ4v) is 5.89. The summed E-state index contributed by atoms with van der Waals surface area (Å²) in [6.45, 7) is 22.5. The third-order valence-corrected chi connectivity index (χ3v) is 8.07. The molecule has 0 bridgehead atoms. The van der Waals surface area contributed by atoms with Gasteiger partial charge in [0.15, 0.2) is 0 Å². The third-order valence-electron chi connectivity index (χ3n) is 8.07. The van der Waals surface area contributed by atoms with Gasteiger partial charge < -0.3 is 29.8 Å². The first-order chi connectivity index (χ1) is 23.4. The van der Waals surface area contributed by atoms with Crippen LogP contribution in [0.1, 0.15) is 130 Å². The van der Waals surface area contributed by atoms with Gasteiger partial charge in [-0.15, -0.1) is 10.2 Å². The van der Waals surface area contributed by atoms with Crippen LogP contribution in [0.25, 0.3) is 11.5 Å². The Morgan fingerprint density at radius 3 is 1.86 bits per heavy atom. The van der Waals surface area contributed by atoms with Gasteiger partial charge in [0.1, 0.15) is 0 Å². The summed E-state index contributed by atoms with van der Waals surface area (Å²) in [6, 6.07) is 7.47. The summed E-state index contributed by atoms with van der Waals surface area (Å²) < 4.78 is 16.4. The zero-order valence-electron chi connectivity index (χ0n) is 32.0. The molecular formula is C38H65N5O6. The lowest BCUT2D eigenvalue weighted by Gasteiger charge is -2.57. The van der Waals surface area contributed by atoms with E-state index in [0.29, 0.717) is 80.0 Å². The fourth-order valence-electron chi connectivity index (χ4n) is 5.89. The van der Waals surface area contributed by atoms with Crippen molar-refractivity contribution in [1.82, 2.24) is 26.1 Å². The molecule has 2 saturated carbocycles. The van der Waals surface area contributed by atoms with Crippen molar-refractivity contribution < 1.29 is 28.3 Å². The molecule has 2 aliphatic carbocycles. The predicted octanol–water partition coefficient (Wildman–Crippen LogP) is 7.04. The molecule has 0 unspecified atom stereocenters. The summed E-state index contributed by atoms with van der Waals surface area (Å²) in [4.78, 5) is 35.9. The smallest absolute Gasteiger partial charge is 0.251 e. The highest BCUT2D eigenvalue weighted by atomic mass is 16.5. The molecule has 0 saturated heterocycles. The van der Waals surface area contributed by atoms with E-state index < -0.39 is 0 Å². The Hall–Kier alpha value is -3.31. The first-order valence-electron chi connectivity index (χ1n) is 18.3. The first kappa shape index (κ1) is 43.7. The second-order valence-corrected chi connectivity index (χ2v) is 13.4. The number of aryl methyl sites for hydroxylation is 1. The lowest BCUT2D eigenvalue weighted by molar-refractivity contribution is -0.127. The Balaban J connectivity index is 0.000000959. The van der Waals surface area contributed by atoms with E-state index >= 15 is 0 Å². The molecule has 0 radical (unpaired) electrons. The van der Waals surface area contributed by atoms with Crippen molar-refractivity contribution in [2.24, 2.45) is 10.8 Å². The van der Waals surface area contributed by atoms with E-state index in [1.807, 2.05) is 34.6 Å². The quantitative estimate of drug-likeness (QED) is 0.169. The van der Waals surface area contributed by atoms with Crippen molar-refractivity contribution in [2.45, 2.75) is 133 Å². The number of nitrogens with one attached hydrogen (secondary N) is 3. The zero-order chi connectivity index (χ0) is 36.9. The predicted molar refractivity (Wildman–Crippen MR) is 195 cm³/mol. The molecular weight excluding hydrogens is 622 g/mol. The highest BCUT2D eigenvalue weighted by molar-refractivity contribution is 5.94. The molecule has 278 valence electrons. The highest BCUT2D eigenvalue weighted by Gasteiger charge is 2.53. The summed E-state index contributed by atoms with van der Waals surface area (Å²) in [7, 11) is 0. The van der Waals surface area contributed by atoms with Gasteiger partial charge in [-0.3, -0.25) is 14.4 Å². The van der Waals surface area contributed by atoms with E-state index in [4.69, 9.17) is 13.9 Å². The molecule has 2 fully saturated rings. The minimum absolute atomic E-state index is 0.00359. The van der Waals surface area contributed by atoms with Crippen molar-refractivity contribution >= 4 is 17.7 Å². The van der Waals surface area contributed by atoms with Gasteiger partial charge in [0.05, 0.1) is 26.4 Å². The van der Waals surface area contributed by atoms with Crippen LogP contribution in [-0.2, 0) is 19.1 Å². The fraction of sp³-hybridized carbons (Fsp3) is 0.711. The van der Waals surface area contributed by atoms with Gasteiger partial charge in [-0.1, -0.05) is 68.7 Å². The van der Waals surface area contributed by atoms with Crippen LogP contribution in [0.4, 0.5) is 0 Å². The molecule has 1 aromatic heterocycles. The minimum atomic E-state index is -0.193. The Morgan fingerprint density at radius 2 is 1.39 bits per heavy atom.